The summed E-state index contributed by atoms with van der Waals surface area (Å²) in [5.41, 5.74) is 7.81. The lowest BCUT2D eigenvalue weighted by Gasteiger charge is -2.32. The quantitative estimate of drug-likeness (QED) is 0.354. The van der Waals surface area contributed by atoms with Gasteiger partial charge in [0, 0.05) is 18.8 Å². The molecule has 2 aromatic carbocycles. The molecule has 0 radical (unpaired) electrons. The van der Waals surface area contributed by atoms with Crippen molar-refractivity contribution in [2.24, 2.45) is 4.99 Å². The van der Waals surface area contributed by atoms with Crippen LogP contribution in [0.5, 0.6) is 0 Å². The van der Waals surface area contributed by atoms with Gasteiger partial charge in [-0.3, -0.25) is 0 Å². The summed E-state index contributed by atoms with van der Waals surface area (Å²) in [5.74, 6) is 2.77. The maximum Gasteiger partial charge on any atom is 0.203 e. The molecule has 1 fully saturated rings. The second kappa shape index (κ2) is 11.2. The van der Waals surface area contributed by atoms with Gasteiger partial charge in [0.2, 0.25) is 5.96 Å². The summed E-state index contributed by atoms with van der Waals surface area (Å²) in [4.78, 5) is 7.93. The fourth-order valence-electron chi connectivity index (χ4n) is 4.84. The fraction of sp³-hybridized carbons (Fsp3) is 0.567. The number of likely N-dealkylation sites (tertiary alicyclic amines) is 1. The van der Waals surface area contributed by atoms with Crippen molar-refractivity contribution in [3.05, 3.63) is 58.7 Å². The van der Waals surface area contributed by atoms with Crippen LogP contribution in [0.15, 0.2) is 41.4 Å². The first-order valence-electron chi connectivity index (χ1n) is 13.1. The maximum absolute atomic E-state index is 5.45. The molecule has 3 rings (SSSR count). The van der Waals surface area contributed by atoms with Gasteiger partial charge in [0.1, 0.15) is 0 Å². The third-order valence-corrected chi connectivity index (χ3v) is 6.83. The van der Waals surface area contributed by atoms with Gasteiger partial charge in [-0.15, -0.1) is 0 Å². The lowest BCUT2D eigenvalue weighted by molar-refractivity contribution is 0.341. The Balaban J connectivity index is 2.20. The predicted octanol–water partition coefficient (Wildman–Crippen LogP) is 8.77. The van der Waals surface area contributed by atoms with Crippen molar-refractivity contribution >= 4 is 17.3 Å². The van der Waals surface area contributed by atoms with E-state index in [2.05, 4.69) is 102 Å². The van der Waals surface area contributed by atoms with Gasteiger partial charge < -0.3 is 10.2 Å². The third kappa shape index (κ3) is 5.99. The lowest BCUT2D eigenvalue weighted by Crippen LogP contribution is -2.40. The monoisotopic (exact) mass is 447 g/mol. The van der Waals surface area contributed by atoms with Crippen LogP contribution < -0.4 is 5.32 Å². The molecular formula is C30H45N3. The first-order valence-corrected chi connectivity index (χ1v) is 13.1. The van der Waals surface area contributed by atoms with E-state index in [1.165, 1.54) is 47.2 Å². The Morgan fingerprint density at radius 1 is 0.667 bits per heavy atom. The Bertz CT molecular complexity index is 895. The van der Waals surface area contributed by atoms with E-state index in [-0.39, 0.29) is 0 Å². The molecule has 0 bridgehead atoms. The summed E-state index contributed by atoms with van der Waals surface area (Å²) in [7, 11) is 0. The minimum atomic E-state index is 0.430. The summed E-state index contributed by atoms with van der Waals surface area (Å²) in [6.45, 7) is 20.4. The van der Waals surface area contributed by atoms with Crippen molar-refractivity contribution in [2.75, 3.05) is 18.4 Å². The molecule has 1 aliphatic rings. The molecular weight excluding hydrogens is 402 g/mol. The van der Waals surface area contributed by atoms with Gasteiger partial charge in [0.05, 0.1) is 5.69 Å². The number of aliphatic imine (C=N–C) groups is 1. The molecule has 33 heavy (non-hydrogen) atoms. The van der Waals surface area contributed by atoms with Crippen LogP contribution in [0, 0.1) is 0 Å². The predicted molar refractivity (Wildman–Crippen MR) is 145 cm³/mol. The Morgan fingerprint density at radius 2 is 1.09 bits per heavy atom. The summed E-state index contributed by atoms with van der Waals surface area (Å²) in [6, 6.07) is 13.5. The largest absolute Gasteiger partial charge is 0.342 e. The Morgan fingerprint density at radius 3 is 1.52 bits per heavy atom. The summed E-state index contributed by atoms with van der Waals surface area (Å²) < 4.78 is 0. The topological polar surface area (TPSA) is 27.6 Å². The summed E-state index contributed by atoms with van der Waals surface area (Å²) >= 11 is 0. The molecule has 1 N–H and O–H groups in total. The van der Waals surface area contributed by atoms with Crippen molar-refractivity contribution < 1.29 is 0 Å². The summed E-state index contributed by atoms with van der Waals surface area (Å²) in [6.07, 6.45) is 3.77. The van der Waals surface area contributed by atoms with Gasteiger partial charge in [-0.1, -0.05) is 91.8 Å². The highest BCUT2D eigenvalue weighted by Gasteiger charge is 2.22. The van der Waals surface area contributed by atoms with Crippen LogP contribution in [0.1, 0.15) is 121 Å². The van der Waals surface area contributed by atoms with Gasteiger partial charge in [-0.05, 0) is 65.2 Å². The van der Waals surface area contributed by atoms with Crippen LogP contribution >= 0.6 is 0 Å². The minimum Gasteiger partial charge on any atom is -0.342 e. The molecule has 1 heterocycles. The number of hydrogen-bond donors (Lipinski definition) is 1. The van der Waals surface area contributed by atoms with Crippen molar-refractivity contribution in [3.8, 4) is 0 Å². The van der Waals surface area contributed by atoms with Gasteiger partial charge in [0.25, 0.3) is 0 Å². The van der Waals surface area contributed by atoms with Gasteiger partial charge in [-0.25, -0.2) is 4.99 Å². The second-order valence-electron chi connectivity index (χ2n) is 10.8. The van der Waals surface area contributed by atoms with Crippen molar-refractivity contribution in [3.63, 3.8) is 0 Å². The van der Waals surface area contributed by atoms with E-state index in [4.69, 9.17) is 4.99 Å². The number of anilines is 1. The number of nitrogens with one attached hydrogen (secondary N) is 1. The molecule has 1 aliphatic heterocycles. The zero-order valence-corrected chi connectivity index (χ0v) is 22.2. The zero-order valence-electron chi connectivity index (χ0n) is 22.2. The van der Waals surface area contributed by atoms with E-state index in [1.807, 2.05) is 0 Å². The average molecular weight is 448 g/mol. The maximum atomic E-state index is 5.45. The molecule has 180 valence electrons. The van der Waals surface area contributed by atoms with E-state index >= 15 is 0 Å². The van der Waals surface area contributed by atoms with E-state index in [0.29, 0.717) is 23.7 Å². The molecule has 2 aromatic rings. The molecule has 0 aliphatic carbocycles. The number of nitrogens with zero attached hydrogens (tertiary/aromatic N) is 2. The number of rotatable bonds is 6. The first kappa shape index (κ1) is 25.3. The van der Waals surface area contributed by atoms with Gasteiger partial charge in [-0.2, -0.15) is 0 Å². The van der Waals surface area contributed by atoms with Crippen molar-refractivity contribution in [1.29, 1.82) is 0 Å². The number of para-hydroxylation sites is 2. The highest BCUT2D eigenvalue weighted by atomic mass is 15.3. The molecule has 0 unspecified atom stereocenters. The molecule has 3 heteroatoms. The highest BCUT2D eigenvalue weighted by Crippen LogP contribution is 2.37. The van der Waals surface area contributed by atoms with Crippen LogP contribution in [0.2, 0.25) is 0 Å². The fourth-order valence-corrected chi connectivity index (χ4v) is 4.84. The molecule has 0 spiro atoms. The van der Waals surface area contributed by atoms with Crippen LogP contribution in [-0.4, -0.2) is 23.9 Å². The molecule has 0 atom stereocenters. The molecule has 3 nitrogen and oxygen atoms in total. The SMILES string of the molecule is CC(C)c1cccc(C(C)C)c1N=C(Nc1c(C(C)C)cccc1C(C)C)N1CCCCC1. The number of benzene rings is 2. The minimum absolute atomic E-state index is 0.430. The first-order chi connectivity index (χ1) is 15.7. The zero-order chi connectivity index (χ0) is 24.1. The molecule has 0 amide bonds. The standard InChI is InChI=1S/C30H45N3/c1-20(2)24-14-12-15-25(21(3)4)28(24)31-30(33-18-10-9-11-19-33)32-29-26(22(5)6)16-13-17-27(29)23(7)8/h12-17,20-23H,9-11,18-19H2,1-8H3,(H,31,32). The average Bonchev–Trinajstić information content (AvgIpc) is 2.78. The lowest BCUT2D eigenvalue weighted by atomic mass is 9.92. The van der Waals surface area contributed by atoms with Gasteiger partial charge in [0.15, 0.2) is 0 Å². The van der Waals surface area contributed by atoms with Crippen LogP contribution in [-0.2, 0) is 0 Å². The number of hydrogen-bond acceptors (Lipinski definition) is 1. The summed E-state index contributed by atoms with van der Waals surface area (Å²) in [5, 5.41) is 3.91. The highest BCUT2D eigenvalue weighted by molar-refractivity contribution is 5.97. The number of guanidine groups is 1. The van der Waals surface area contributed by atoms with Crippen LogP contribution in [0.25, 0.3) is 0 Å². The molecule has 0 saturated carbocycles. The normalized spacial score (nSPS) is 15.3. The molecule has 1 saturated heterocycles. The third-order valence-electron chi connectivity index (χ3n) is 6.83. The van der Waals surface area contributed by atoms with E-state index in [0.717, 1.165) is 24.7 Å². The Labute approximate surface area is 202 Å². The van der Waals surface area contributed by atoms with Crippen molar-refractivity contribution in [1.82, 2.24) is 4.90 Å². The Kier molecular flexibility index (Phi) is 8.62. The van der Waals surface area contributed by atoms with E-state index in [9.17, 15) is 0 Å². The number of piperidine rings is 1. The smallest absolute Gasteiger partial charge is 0.203 e. The molecule has 0 aromatic heterocycles. The van der Waals surface area contributed by atoms with E-state index < -0.39 is 0 Å². The van der Waals surface area contributed by atoms with Crippen LogP contribution in [0.4, 0.5) is 11.4 Å². The second-order valence-corrected chi connectivity index (χ2v) is 10.8. The van der Waals surface area contributed by atoms with E-state index in [1.54, 1.807) is 0 Å². The van der Waals surface area contributed by atoms with Crippen LogP contribution in [0.3, 0.4) is 0 Å². The van der Waals surface area contributed by atoms with Gasteiger partial charge >= 0.3 is 0 Å². The van der Waals surface area contributed by atoms with Crippen molar-refractivity contribution in [2.45, 2.75) is 98.3 Å². The Hall–Kier alpha value is -2.29.